The standard InChI is InChI=1S/C18H32N6/c1-19-18(20-8-3-4-9-23-10-5-6-11-23)24-12-7-16(15-24)17-13-21-22(2)14-17/h13-14,16H,3-12,15H2,1-2H3,(H,19,20). The maximum Gasteiger partial charge on any atom is 0.193 e. The number of hydrogen-bond acceptors (Lipinski definition) is 3. The Morgan fingerprint density at radius 3 is 2.83 bits per heavy atom. The second-order valence-electron chi connectivity index (χ2n) is 7.11. The van der Waals surface area contributed by atoms with Gasteiger partial charge in [0.25, 0.3) is 0 Å². The summed E-state index contributed by atoms with van der Waals surface area (Å²) in [6, 6.07) is 0. The highest BCUT2D eigenvalue weighted by Gasteiger charge is 2.26. The molecule has 0 radical (unpaired) electrons. The summed E-state index contributed by atoms with van der Waals surface area (Å²) < 4.78 is 1.89. The first kappa shape index (κ1) is 17.3. The van der Waals surface area contributed by atoms with E-state index in [1.165, 1.54) is 57.3 Å². The van der Waals surface area contributed by atoms with Gasteiger partial charge in [-0.2, -0.15) is 5.10 Å². The van der Waals surface area contributed by atoms with Crippen LogP contribution in [0.25, 0.3) is 0 Å². The molecule has 3 rings (SSSR count). The lowest BCUT2D eigenvalue weighted by Crippen LogP contribution is -2.40. The van der Waals surface area contributed by atoms with Crippen molar-refractivity contribution >= 4 is 5.96 Å². The van der Waals surface area contributed by atoms with Gasteiger partial charge < -0.3 is 15.1 Å². The summed E-state index contributed by atoms with van der Waals surface area (Å²) in [4.78, 5) is 9.46. The van der Waals surface area contributed by atoms with Gasteiger partial charge in [-0.25, -0.2) is 0 Å². The highest BCUT2D eigenvalue weighted by Crippen LogP contribution is 2.26. The molecule has 6 heteroatoms. The van der Waals surface area contributed by atoms with Crippen molar-refractivity contribution in [3.05, 3.63) is 18.0 Å². The minimum Gasteiger partial charge on any atom is -0.356 e. The molecule has 0 amide bonds. The van der Waals surface area contributed by atoms with E-state index in [-0.39, 0.29) is 0 Å². The highest BCUT2D eigenvalue weighted by atomic mass is 15.3. The molecule has 2 saturated heterocycles. The molecule has 3 heterocycles. The van der Waals surface area contributed by atoms with Gasteiger partial charge in [-0.05, 0) is 57.3 Å². The number of unbranched alkanes of at least 4 members (excludes halogenated alkanes) is 1. The second kappa shape index (κ2) is 8.51. The maximum atomic E-state index is 4.48. The lowest BCUT2D eigenvalue weighted by molar-refractivity contribution is 0.330. The molecule has 0 spiro atoms. The van der Waals surface area contributed by atoms with Crippen molar-refractivity contribution in [3.63, 3.8) is 0 Å². The van der Waals surface area contributed by atoms with E-state index in [1.54, 1.807) is 0 Å². The Bertz CT molecular complexity index is 531. The number of hydrogen-bond donors (Lipinski definition) is 1. The van der Waals surface area contributed by atoms with Gasteiger partial charge in [-0.15, -0.1) is 0 Å². The predicted octanol–water partition coefficient (Wildman–Crippen LogP) is 1.66. The monoisotopic (exact) mass is 332 g/mol. The molecule has 0 bridgehead atoms. The fraction of sp³-hybridized carbons (Fsp3) is 0.778. The lowest BCUT2D eigenvalue weighted by Gasteiger charge is -2.22. The molecule has 1 unspecified atom stereocenters. The molecule has 2 aliphatic heterocycles. The van der Waals surface area contributed by atoms with Crippen LogP contribution in [0.15, 0.2) is 17.4 Å². The minimum absolute atomic E-state index is 0.576. The maximum absolute atomic E-state index is 4.48. The van der Waals surface area contributed by atoms with Gasteiger partial charge in [-0.1, -0.05) is 0 Å². The van der Waals surface area contributed by atoms with Crippen molar-refractivity contribution in [2.75, 3.05) is 46.3 Å². The van der Waals surface area contributed by atoms with Gasteiger partial charge in [0, 0.05) is 45.8 Å². The first-order valence-corrected chi connectivity index (χ1v) is 9.43. The van der Waals surface area contributed by atoms with Crippen LogP contribution in [0.2, 0.25) is 0 Å². The summed E-state index contributed by atoms with van der Waals surface area (Å²) in [5, 5.41) is 7.85. The molecule has 1 aromatic rings. The Hall–Kier alpha value is -1.56. The van der Waals surface area contributed by atoms with E-state index in [4.69, 9.17) is 0 Å². The van der Waals surface area contributed by atoms with Crippen molar-refractivity contribution < 1.29 is 0 Å². The van der Waals surface area contributed by atoms with Gasteiger partial charge >= 0.3 is 0 Å². The SMILES string of the molecule is CN=C(NCCCCN1CCCC1)N1CCC(c2cnn(C)c2)C1. The van der Waals surface area contributed by atoms with Gasteiger partial charge in [0.2, 0.25) is 0 Å². The van der Waals surface area contributed by atoms with Crippen LogP contribution in [0, 0.1) is 0 Å². The summed E-state index contributed by atoms with van der Waals surface area (Å²) in [6.07, 6.45) is 10.6. The molecular formula is C18H32N6. The number of nitrogens with one attached hydrogen (secondary N) is 1. The van der Waals surface area contributed by atoms with Crippen molar-refractivity contribution in [1.82, 2.24) is 24.9 Å². The third-order valence-corrected chi connectivity index (χ3v) is 5.28. The van der Waals surface area contributed by atoms with E-state index >= 15 is 0 Å². The van der Waals surface area contributed by atoms with Crippen LogP contribution in [-0.4, -0.2) is 71.9 Å². The normalized spacial score (nSPS) is 22.5. The first-order valence-electron chi connectivity index (χ1n) is 9.43. The number of aryl methyl sites for hydroxylation is 1. The van der Waals surface area contributed by atoms with Crippen LogP contribution in [0.4, 0.5) is 0 Å². The fourth-order valence-corrected chi connectivity index (χ4v) is 3.87. The zero-order valence-corrected chi connectivity index (χ0v) is 15.2. The molecule has 0 saturated carbocycles. The molecule has 134 valence electrons. The molecule has 0 aliphatic carbocycles. The number of aliphatic imine (C=N–C) groups is 1. The molecule has 1 N–H and O–H groups in total. The Morgan fingerprint density at radius 1 is 1.29 bits per heavy atom. The van der Waals surface area contributed by atoms with Gasteiger partial charge in [0.15, 0.2) is 5.96 Å². The third-order valence-electron chi connectivity index (χ3n) is 5.28. The summed E-state index contributed by atoms with van der Waals surface area (Å²) in [7, 11) is 3.88. The summed E-state index contributed by atoms with van der Waals surface area (Å²) in [6.45, 7) is 7.00. The van der Waals surface area contributed by atoms with Gasteiger partial charge in [-0.3, -0.25) is 9.67 Å². The average Bonchev–Trinajstić information content (AvgIpc) is 3.32. The van der Waals surface area contributed by atoms with Crippen LogP contribution in [0.5, 0.6) is 0 Å². The third kappa shape index (κ3) is 4.50. The van der Waals surface area contributed by atoms with E-state index in [1.807, 2.05) is 25.0 Å². The van der Waals surface area contributed by atoms with Crippen LogP contribution in [0.3, 0.4) is 0 Å². The first-order chi connectivity index (χ1) is 11.8. The lowest BCUT2D eigenvalue weighted by atomic mass is 10.0. The number of likely N-dealkylation sites (tertiary alicyclic amines) is 2. The smallest absolute Gasteiger partial charge is 0.193 e. The highest BCUT2D eigenvalue weighted by molar-refractivity contribution is 5.80. The molecule has 1 atom stereocenters. The average molecular weight is 332 g/mol. The summed E-state index contributed by atoms with van der Waals surface area (Å²) >= 11 is 0. The molecule has 2 aliphatic rings. The topological polar surface area (TPSA) is 48.7 Å². The van der Waals surface area contributed by atoms with E-state index in [9.17, 15) is 0 Å². The Morgan fingerprint density at radius 2 is 2.12 bits per heavy atom. The predicted molar refractivity (Wildman–Crippen MR) is 98.4 cm³/mol. The number of aromatic nitrogens is 2. The van der Waals surface area contributed by atoms with Crippen LogP contribution in [0.1, 0.15) is 43.6 Å². The van der Waals surface area contributed by atoms with E-state index in [0.717, 1.165) is 25.6 Å². The van der Waals surface area contributed by atoms with E-state index in [0.29, 0.717) is 5.92 Å². The van der Waals surface area contributed by atoms with Gasteiger partial charge in [0.05, 0.1) is 6.20 Å². The number of guanidine groups is 1. The number of rotatable bonds is 6. The Balaban J connectivity index is 1.37. The quantitative estimate of drug-likeness (QED) is 0.489. The molecule has 6 nitrogen and oxygen atoms in total. The van der Waals surface area contributed by atoms with Crippen LogP contribution in [-0.2, 0) is 7.05 Å². The molecule has 2 fully saturated rings. The van der Waals surface area contributed by atoms with Crippen LogP contribution >= 0.6 is 0 Å². The Kier molecular flexibility index (Phi) is 6.12. The van der Waals surface area contributed by atoms with Crippen LogP contribution < -0.4 is 5.32 Å². The van der Waals surface area contributed by atoms with Crippen molar-refractivity contribution in [3.8, 4) is 0 Å². The molecule has 0 aromatic carbocycles. The molecular weight excluding hydrogens is 300 g/mol. The largest absolute Gasteiger partial charge is 0.356 e. The van der Waals surface area contributed by atoms with Gasteiger partial charge in [0.1, 0.15) is 0 Å². The number of nitrogens with zero attached hydrogens (tertiary/aromatic N) is 5. The molecule has 24 heavy (non-hydrogen) atoms. The second-order valence-corrected chi connectivity index (χ2v) is 7.11. The zero-order chi connectivity index (χ0) is 16.8. The summed E-state index contributed by atoms with van der Waals surface area (Å²) in [5.41, 5.74) is 1.35. The molecule has 1 aromatic heterocycles. The van der Waals surface area contributed by atoms with E-state index < -0.39 is 0 Å². The summed E-state index contributed by atoms with van der Waals surface area (Å²) in [5.74, 6) is 1.63. The van der Waals surface area contributed by atoms with E-state index in [2.05, 4.69) is 31.4 Å². The zero-order valence-electron chi connectivity index (χ0n) is 15.2. The van der Waals surface area contributed by atoms with Crippen molar-refractivity contribution in [2.24, 2.45) is 12.0 Å². The Labute approximate surface area is 145 Å². The fourth-order valence-electron chi connectivity index (χ4n) is 3.87. The minimum atomic E-state index is 0.576. The van der Waals surface area contributed by atoms with Crippen molar-refractivity contribution in [1.29, 1.82) is 0 Å². The van der Waals surface area contributed by atoms with Crippen molar-refractivity contribution in [2.45, 2.75) is 38.0 Å².